The lowest BCUT2D eigenvalue weighted by Gasteiger charge is -2.16. The monoisotopic (exact) mass is 584 g/mol. The van der Waals surface area contributed by atoms with E-state index in [-0.39, 0.29) is 24.0 Å². The van der Waals surface area contributed by atoms with Crippen molar-refractivity contribution in [1.82, 2.24) is 10.3 Å². The Morgan fingerprint density at radius 2 is 1.30 bits per heavy atom. The number of aromatic amines is 1. The van der Waals surface area contributed by atoms with E-state index in [2.05, 4.69) is 106 Å². The first-order chi connectivity index (χ1) is 20.8. The lowest BCUT2D eigenvalue weighted by Crippen LogP contribution is -2.33. The van der Waals surface area contributed by atoms with E-state index in [1.807, 2.05) is 0 Å². The van der Waals surface area contributed by atoms with Crippen LogP contribution in [0.1, 0.15) is 91.8 Å². The molecule has 0 fully saturated rings. The molecule has 0 amide bonds. The molecule has 6 heteroatoms. The zero-order chi connectivity index (χ0) is 31.5. The van der Waals surface area contributed by atoms with E-state index in [0.29, 0.717) is 0 Å². The van der Waals surface area contributed by atoms with Gasteiger partial charge in [0, 0.05) is 17.3 Å². The molecule has 12 bridgehead atoms. The summed E-state index contributed by atoms with van der Waals surface area (Å²) in [4.78, 5) is 25.1. The Balaban J connectivity index is 1.46. The third-order valence-corrected chi connectivity index (χ3v) is 11.5. The SMILES string of the molecule is CC1=C(C)/C2=C/c3[nH]c(c(C)c3C)C3=NC(=C(C)C3C)C3N=C(/C=C4\NC(C5=NC(C1=N2)C(C)=C5C)C(C)=C4C)C(C)=C3C. The summed E-state index contributed by atoms with van der Waals surface area (Å²) in [5, 5.41) is 3.85. The van der Waals surface area contributed by atoms with E-state index in [4.69, 9.17) is 20.0 Å². The van der Waals surface area contributed by atoms with Gasteiger partial charge in [0.1, 0.15) is 12.1 Å². The second kappa shape index (κ2) is 9.72. The number of aliphatic imine (C=N–C) groups is 4. The summed E-state index contributed by atoms with van der Waals surface area (Å²) in [5.41, 5.74) is 23.6. The molecule has 1 aromatic heterocycles. The van der Waals surface area contributed by atoms with E-state index in [1.54, 1.807) is 0 Å². The number of H-pyrrole nitrogens is 1. The molecule has 0 spiro atoms. The van der Waals surface area contributed by atoms with Gasteiger partial charge in [-0.3, -0.25) is 20.0 Å². The number of hydrogen-bond acceptors (Lipinski definition) is 5. The van der Waals surface area contributed by atoms with E-state index >= 15 is 0 Å². The molecule has 0 radical (unpaired) electrons. The fourth-order valence-electron chi connectivity index (χ4n) is 7.44. The van der Waals surface area contributed by atoms with Crippen molar-refractivity contribution in [3.8, 4) is 0 Å². The number of nitrogens with zero attached hydrogens (tertiary/aromatic N) is 4. The van der Waals surface area contributed by atoms with E-state index in [1.165, 1.54) is 61.3 Å². The minimum Gasteiger partial charge on any atom is -0.373 e. The first-order valence-corrected chi connectivity index (χ1v) is 15.9. The van der Waals surface area contributed by atoms with Gasteiger partial charge in [-0.05, 0) is 150 Å². The minimum absolute atomic E-state index is 0.0353. The summed E-state index contributed by atoms with van der Waals surface area (Å²) in [6, 6.07) is -0.105. The largest absolute Gasteiger partial charge is 0.373 e. The fraction of sp³-hybridized carbons (Fsp3) is 0.421. The van der Waals surface area contributed by atoms with Crippen LogP contribution in [-0.4, -0.2) is 46.0 Å². The molecule has 6 aliphatic rings. The smallest absolute Gasteiger partial charge is 0.114 e. The topological polar surface area (TPSA) is 77.3 Å². The molecule has 4 atom stereocenters. The van der Waals surface area contributed by atoms with Gasteiger partial charge in [0.05, 0.1) is 46.0 Å². The highest BCUT2D eigenvalue weighted by Crippen LogP contribution is 2.40. The van der Waals surface area contributed by atoms with Gasteiger partial charge in [-0.2, -0.15) is 0 Å². The molecule has 4 unspecified atom stereocenters. The summed E-state index contributed by atoms with van der Waals surface area (Å²) in [5.74, 6) is 0.208. The highest BCUT2D eigenvalue weighted by atomic mass is 15.0. The van der Waals surface area contributed by atoms with Crippen LogP contribution in [0.2, 0.25) is 0 Å². The summed E-state index contributed by atoms with van der Waals surface area (Å²) >= 11 is 0. The average molecular weight is 585 g/mol. The van der Waals surface area contributed by atoms with Crippen molar-refractivity contribution in [1.29, 1.82) is 0 Å². The molecule has 6 nitrogen and oxygen atoms in total. The average Bonchev–Trinajstić information content (AvgIpc) is 3.77. The standard InChI is InChI=1S/C38H44N6/c1-15-19(5)31-35-23(9)24(10)36(43-35)33-21(7)17(3)29(41-33)14-30-18(4)22(8)34(42-30)38-26(12)25(11)37(44-38)32-20(6)16(2)28(40-32)13-27(15)39-31/h13-14,23,33-34,37,39,42H,1-12H3/b28-13-,30-14-. The van der Waals surface area contributed by atoms with Gasteiger partial charge < -0.3 is 10.3 Å². The molecule has 2 N–H and O–H groups in total. The normalized spacial score (nSPS) is 30.5. The Kier molecular flexibility index (Phi) is 6.34. The molecule has 0 saturated carbocycles. The minimum atomic E-state index is -0.0737. The molecular weight excluding hydrogens is 540 g/mol. The van der Waals surface area contributed by atoms with Crippen molar-refractivity contribution in [2.45, 2.75) is 101 Å². The van der Waals surface area contributed by atoms with Crippen LogP contribution in [0.25, 0.3) is 6.08 Å². The molecule has 226 valence electrons. The van der Waals surface area contributed by atoms with Crippen LogP contribution in [0.5, 0.6) is 0 Å². The lowest BCUT2D eigenvalue weighted by atomic mass is 9.92. The van der Waals surface area contributed by atoms with Gasteiger partial charge in [0.25, 0.3) is 0 Å². The predicted octanol–water partition coefficient (Wildman–Crippen LogP) is 8.00. The summed E-state index contributed by atoms with van der Waals surface area (Å²) in [6.45, 7) is 26.6. The van der Waals surface area contributed by atoms with Crippen molar-refractivity contribution in [2.75, 3.05) is 0 Å². The molecular formula is C38H44N6. The quantitative estimate of drug-likeness (QED) is 0.298. The second-order valence-corrected chi connectivity index (χ2v) is 13.6. The summed E-state index contributed by atoms with van der Waals surface area (Å²) in [7, 11) is 0. The molecule has 0 saturated heterocycles. The molecule has 6 aliphatic heterocycles. The van der Waals surface area contributed by atoms with Crippen LogP contribution >= 0.6 is 0 Å². The third-order valence-electron chi connectivity index (χ3n) is 11.5. The van der Waals surface area contributed by atoms with Gasteiger partial charge in [-0.1, -0.05) is 6.92 Å². The van der Waals surface area contributed by atoms with Crippen molar-refractivity contribution in [3.05, 3.63) is 95.8 Å². The van der Waals surface area contributed by atoms with Gasteiger partial charge in [0.2, 0.25) is 0 Å². The molecule has 7 rings (SSSR count). The second-order valence-electron chi connectivity index (χ2n) is 13.6. The Morgan fingerprint density at radius 3 is 2.02 bits per heavy atom. The van der Waals surface area contributed by atoms with E-state index in [0.717, 1.165) is 51.3 Å². The Morgan fingerprint density at radius 1 is 0.591 bits per heavy atom. The Labute approximate surface area is 261 Å². The maximum absolute atomic E-state index is 5.39. The van der Waals surface area contributed by atoms with Crippen molar-refractivity contribution in [2.24, 2.45) is 25.9 Å². The van der Waals surface area contributed by atoms with Crippen molar-refractivity contribution < 1.29 is 0 Å². The van der Waals surface area contributed by atoms with Crippen LogP contribution < -0.4 is 5.32 Å². The first kappa shape index (κ1) is 28.7. The highest BCUT2D eigenvalue weighted by Gasteiger charge is 2.38. The van der Waals surface area contributed by atoms with Gasteiger partial charge in [-0.15, -0.1) is 0 Å². The number of rotatable bonds is 0. The predicted molar refractivity (Wildman–Crippen MR) is 185 cm³/mol. The van der Waals surface area contributed by atoms with Crippen molar-refractivity contribution >= 4 is 28.9 Å². The van der Waals surface area contributed by atoms with Gasteiger partial charge in [-0.25, -0.2) is 0 Å². The van der Waals surface area contributed by atoms with Crippen LogP contribution in [-0.2, 0) is 0 Å². The van der Waals surface area contributed by atoms with Crippen LogP contribution in [0.15, 0.2) is 93.3 Å². The molecule has 7 heterocycles. The summed E-state index contributed by atoms with van der Waals surface area (Å²) < 4.78 is 0. The summed E-state index contributed by atoms with van der Waals surface area (Å²) in [6.07, 6.45) is 4.46. The first-order valence-electron chi connectivity index (χ1n) is 15.9. The molecule has 1 aromatic rings. The Hall–Kier alpha value is -4.06. The van der Waals surface area contributed by atoms with E-state index in [9.17, 15) is 0 Å². The molecule has 44 heavy (non-hydrogen) atoms. The zero-order valence-corrected chi connectivity index (χ0v) is 28.3. The number of fused-ring (bicyclic) bond motifs is 12. The number of hydrogen-bond donors (Lipinski definition) is 2. The number of aromatic nitrogens is 1. The highest BCUT2D eigenvalue weighted by molar-refractivity contribution is 6.17. The maximum atomic E-state index is 5.39. The molecule has 0 aliphatic carbocycles. The number of nitrogens with one attached hydrogen (secondary N) is 2. The Bertz CT molecular complexity index is 1950. The fourth-order valence-corrected chi connectivity index (χ4v) is 7.44. The number of allylic oxidation sites excluding steroid dienone is 5. The maximum Gasteiger partial charge on any atom is 0.114 e. The third kappa shape index (κ3) is 3.85. The van der Waals surface area contributed by atoms with E-state index < -0.39 is 0 Å². The van der Waals surface area contributed by atoms with Crippen LogP contribution in [0.4, 0.5) is 0 Å². The lowest BCUT2D eigenvalue weighted by molar-refractivity contribution is 0.841. The van der Waals surface area contributed by atoms with Gasteiger partial charge in [0.15, 0.2) is 0 Å². The van der Waals surface area contributed by atoms with Crippen LogP contribution in [0, 0.1) is 19.8 Å². The van der Waals surface area contributed by atoms with Gasteiger partial charge >= 0.3 is 0 Å². The van der Waals surface area contributed by atoms with Crippen LogP contribution in [0.3, 0.4) is 0 Å². The van der Waals surface area contributed by atoms with Crippen molar-refractivity contribution in [3.63, 3.8) is 0 Å². The molecule has 0 aromatic carbocycles. The zero-order valence-electron chi connectivity index (χ0n) is 28.3.